The fourth-order valence-corrected chi connectivity index (χ4v) is 3.61. The number of carbonyl (C=O) groups is 1. The first-order valence-electron chi connectivity index (χ1n) is 9.22. The molecule has 1 N–H and O–H groups in total. The number of hydrogen-bond donors (Lipinski definition) is 1. The second-order valence-electron chi connectivity index (χ2n) is 7.53. The summed E-state index contributed by atoms with van der Waals surface area (Å²) in [5.74, 6) is 0.0661. The first-order chi connectivity index (χ1) is 11.9. The van der Waals surface area contributed by atoms with E-state index in [1.54, 1.807) is 7.11 Å². The van der Waals surface area contributed by atoms with E-state index in [9.17, 15) is 4.79 Å². The van der Waals surface area contributed by atoms with E-state index in [4.69, 9.17) is 9.72 Å². The Hall–Kier alpha value is -1.66. The number of amides is 1. The monoisotopic (exact) mass is 346 g/mol. The maximum atomic E-state index is 12.5. The molecule has 1 aromatic heterocycles. The molecule has 3 rings (SSSR count). The van der Waals surface area contributed by atoms with Gasteiger partial charge in [0.15, 0.2) is 0 Å². The Morgan fingerprint density at radius 3 is 2.60 bits per heavy atom. The molecule has 1 amide bonds. The fraction of sp³-hybridized carbons (Fsp3) is 0.684. The molecule has 25 heavy (non-hydrogen) atoms. The van der Waals surface area contributed by atoms with Crippen LogP contribution in [0.15, 0.2) is 12.1 Å². The van der Waals surface area contributed by atoms with Crippen LogP contribution in [0.25, 0.3) is 0 Å². The molecule has 1 atom stereocenters. The van der Waals surface area contributed by atoms with E-state index in [0.717, 1.165) is 50.5 Å². The Morgan fingerprint density at radius 1 is 1.28 bits per heavy atom. The van der Waals surface area contributed by atoms with Crippen LogP contribution in [0.2, 0.25) is 0 Å². The third-order valence-corrected chi connectivity index (χ3v) is 5.33. The minimum atomic E-state index is -0.753. The Balaban J connectivity index is 1.68. The number of rotatable bonds is 4. The van der Waals surface area contributed by atoms with E-state index >= 15 is 0 Å². The van der Waals surface area contributed by atoms with Crippen molar-refractivity contribution in [3.63, 3.8) is 0 Å². The van der Waals surface area contributed by atoms with Crippen LogP contribution in [-0.2, 0) is 9.53 Å². The second-order valence-corrected chi connectivity index (χ2v) is 7.53. The van der Waals surface area contributed by atoms with Crippen molar-refractivity contribution in [1.82, 2.24) is 15.2 Å². The second kappa shape index (κ2) is 7.30. The van der Waals surface area contributed by atoms with Gasteiger partial charge in [0.1, 0.15) is 5.60 Å². The molecular formula is C19H30N4O2. The molecule has 1 aromatic rings. The Bertz CT molecular complexity index is 618. The van der Waals surface area contributed by atoms with Gasteiger partial charge in [-0.2, -0.15) is 0 Å². The summed E-state index contributed by atoms with van der Waals surface area (Å²) in [4.78, 5) is 21.5. The fourth-order valence-electron chi connectivity index (χ4n) is 3.61. The normalized spacial score (nSPS) is 21.7. The molecule has 0 bridgehead atoms. The Morgan fingerprint density at radius 2 is 2.00 bits per heavy atom. The number of hydrogen-bond acceptors (Lipinski definition) is 5. The average Bonchev–Trinajstić information content (AvgIpc) is 3.15. The number of aromatic nitrogens is 1. The van der Waals surface area contributed by atoms with Gasteiger partial charge in [0.2, 0.25) is 0 Å². The predicted molar refractivity (Wildman–Crippen MR) is 98.8 cm³/mol. The lowest BCUT2D eigenvalue weighted by molar-refractivity contribution is -0.151. The zero-order valence-electron chi connectivity index (χ0n) is 15.8. The number of aryl methyl sites for hydroxylation is 1. The van der Waals surface area contributed by atoms with Crippen molar-refractivity contribution in [3.8, 4) is 0 Å². The van der Waals surface area contributed by atoms with Crippen LogP contribution in [0.1, 0.15) is 44.1 Å². The van der Waals surface area contributed by atoms with E-state index in [2.05, 4.69) is 29.3 Å². The molecule has 2 aliphatic heterocycles. The maximum Gasteiger partial charge on any atom is 0.254 e. The van der Waals surface area contributed by atoms with Gasteiger partial charge in [0, 0.05) is 50.7 Å². The SMILES string of the molecule is COC(C)(C)C(=O)N1CCN(c2cc(C)nc([C@H]3CCCN3)c2)CC1. The number of ether oxygens (including phenoxy) is 1. The lowest BCUT2D eigenvalue weighted by Gasteiger charge is -2.39. The van der Waals surface area contributed by atoms with Crippen molar-refractivity contribution >= 4 is 11.6 Å². The molecule has 0 saturated carbocycles. The van der Waals surface area contributed by atoms with Gasteiger partial charge in [-0.1, -0.05) is 0 Å². The van der Waals surface area contributed by atoms with Crippen molar-refractivity contribution in [2.45, 2.75) is 45.3 Å². The van der Waals surface area contributed by atoms with Crippen LogP contribution in [0, 0.1) is 6.92 Å². The van der Waals surface area contributed by atoms with Crippen LogP contribution >= 0.6 is 0 Å². The van der Waals surface area contributed by atoms with E-state index < -0.39 is 5.60 Å². The summed E-state index contributed by atoms with van der Waals surface area (Å²) in [6.45, 7) is 9.92. The molecule has 0 unspecified atom stereocenters. The molecular weight excluding hydrogens is 316 g/mol. The van der Waals surface area contributed by atoms with Gasteiger partial charge in [0.25, 0.3) is 5.91 Å². The Kier molecular flexibility index (Phi) is 5.29. The maximum absolute atomic E-state index is 12.5. The van der Waals surface area contributed by atoms with Crippen molar-refractivity contribution in [2.75, 3.05) is 44.7 Å². The van der Waals surface area contributed by atoms with Crippen LogP contribution in [0.3, 0.4) is 0 Å². The highest BCUT2D eigenvalue weighted by molar-refractivity contribution is 5.84. The lowest BCUT2D eigenvalue weighted by Crippen LogP contribution is -2.54. The number of nitrogens with zero attached hydrogens (tertiary/aromatic N) is 3. The molecule has 0 aliphatic carbocycles. The molecule has 0 aromatic carbocycles. The summed E-state index contributed by atoms with van der Waals surface area (Å²) in [6.07, 6.45) is 2.37. The summed E-state index contributed by atoms with van der Waals surface area (Å²) >= 11 is 0. The van der Waals surface area contributed by atoms with E-state index in [-0.39, 0.29) is 5.91 Å². The molecule has 0 radical (unpaired) electrons. The predicted octanol–water partition coefficient (Wildman–Crippen LogP) is 1.89. The molecule has 2 saturated heterocycles. The minimum absolute atomic E-state index is 0.0661. The van der Waals surface area contributed by atoms with Gasteiger partial charge in [-0.05, 0) is 52.3 Å². The first kappa shape index (κ1) is 18.1. The molecule has 2 aliphatic rings. The number of nitrogens with one attached hydrogen (secondary N) is 1. The van der Waals surface area contributed by atoms with Crippen LogP contribution in [-0.4, -0.2) is 61.2 Å². The quantitative estimate of drug-likeness (QED) is 0.902. The number of methoxy groups -OCH3 is 1. The van der Waals surface area contributed by atoms with Crippen molar-refractivity contribution in [1.29, 1.82) is 0 Å². The molecule has 138 valence electrons. The van der Waals surface area contributed by atoms with Crippen LogP contribution in [0.5, 0.6) is 0 Å². The molecule has 2 fully saturated rings. The number of carbonyl (C=O) groups excluding carboxylic acids is 1. The van der Waals surface area contributed by atoms with Gasteiger partial charge in [-0.3, -0.25) is 9.78 Å². The summed E-state index contributed by atoms with van der Waals surface area (Å²) < 4.78 is 5.33. The molecule has 0 spiro atoms. The minimum Gasteiger partial charge on any atom is -0.369 e. The smallest absolute Gasteiger partial charge is 0.254 e. The molecule has 3 heterocycles. The largest absolute Gasteiger partial charge is 0.369 e. The van der Waals surface area contributed by atoms with Gasteiger partial charge in [-0.15, -0.1) is 0 Å². The van der Waals surface area contributed by atoms with Crippen molar-refractivity contribution in [2.24, 2.45) is 0 Å². The third-order valence-electron chi connectivity index (χ3n) is 5.33. The highest BCUT2D eigenvalue weighted by atomic mass is 16.5. The number of anilines is 1. The highest BCUT2D eigenvalue weighted by Crippen LogP contribution is 2.27. The van der Waals surface area contributed by atoms with Gasteiger partial charge < -0.3 is 19.9 Å². The van der Waals surface area contributed by atoms with Crippen LogP contribution in [0.4, 0.5) is 5.69 Å². The van der Waals surface area contributed by atoms with Gasteiger partial charge in [0.05, 0.1) is 5.69 Å². The van der Waals surface area contributed by atoms with Crippen LogP contribution < -0.4 is 10.2 Å². The van der Waals surface area contributed by atoms with E-state index in [1.165, 1.54) is 12.1 Å². The van der Waals surface area contributed by atoms with Gasteiger partial charge in [-0.25, -0.2) is 0 Å². The standard InChI is InChI=1S/C19H30N4O2/c1-14-12-15(13-17(21-14)16-6-5-7-20-16)22-8-10-23(11-9-22)18(24)19(2,3)25-4/h12-13,16,20H,5-11H2,1-4H3/t16-/m1/s1. The summed E-state index contributed by atoms with van der Waals surface area (Å²) in [7, 11) is 1.59. The lowest BCUT2D eigenvalue weighted by atomic mass is 10.1. The zero-order chi connectivity index (χ0) is 18.0. The number of pyridine rings is 1. The summed E-state index contributed by atoms with van der Waals surface area (Å²) in [5, 5.41) is 3.53. The first-order valence-corrected chi connectivity index (χ1v) is 9.22. The van der Waals surface area contributed by atoms with Crippen molar-refractivity contribution in [3.05, 3.63) is 23.5 Å². The zero-order valence-corrected chi connectivity index (χ0v) is 15.8. The molecule has 6 nitrogen and oxygen atoms in total. The topological polar surface area (TPSA) is 57.7 Å². The van der Waals surface area contributed by atoms with E-state index in [0.29, 0.717) is 6.04 Å². The average molecular weight is 346 g/mol. The van der Waals surface area contributed by atoms with E-state index in [1.807, 2.05) is 18.7 Å². The summed E-state index contributed by atoms with van der Waals surface area (Å²) in [6, 6.07) is 4.74. The number of piperazine rings is 1. The summed E-state index contributed by atoms with van der Waals surface area (Å²) in [5.41, 5.74) is 2.66. The molecule has 6 heteroatoms. The third kappa shape index (κ3) is 3.96. The van der Waals surface area contributed by atoms with Crippen molar-refractivity contribution < 1.29 is 9.53 Å². The van der Waals surface area contributed by atoms with Gasteiger partial charge >= 0.3 is 0 Å². The highest BCUT2D eigenvalue weighted by Gasteiger charge is 2.33. The Labute approximate surface area is 150 Å².